The summed E-state index contributed by atoms with van der Waals surface area (Å²) in [5, 5.41) is 3.08. The summed E-state index contributed by atoms with van der Waals surface area (Å²) in [4.78, 5) is 0. The van der Waals surface area contributed by atoms with Crippen LogP contribution < -0.4 is 5.32 Å². The quantitative estimate of drug-likeness (QED) is 0.752. The third-order valence-corrected chi connectivity index (χ3v) is 4.06. The van der Waals surface area contributed by atoms with E-state index in [0.29, 0.717) is 5.56 Å². The van der Waals surface area contributed by atoms with Crippen LogP contribution in [0.3, 0.4) is 0 Å². The minimum atomic E-state index is -4.31. The predicted octanol–water partition coefficient (Wildman–Crippen LogP) is 5.25. The Morgan fingerprint density at radius 2 is 1.76 bits per heavy atom. The summed E-state index contributed by atoms with van der Waals surface area (Å²) in [5.41, 5.74) is 0.889. The summed E-state index contributed by atoms with van der Waals surface area (Å²) in [6.45, 7) is 0. The predicted molar refractivity (Wildman–Crippen MR) is 79.0 cm³/mol. The van der Waals surface area contributed by atoms with E-state index in [9.17, 15) is 13.2 Å². The molecule has 0 bridgehead atoms. The SMILES string of the molecule is CNC(/C1=C/CCCCCC1)c1ccccc1C(F)(F)F. The molecular formula is C17H22F3N. The van der Waals surface area contributed by atoms with E-state index in [1.807, 2.05) is 0 Å². The first-order chi connectivity index (χ1) is 10.0. The smallest absolute Gasteiger partial charge is 0.310 e. The van der Waals surface area contributed by atoms with E-state index in [-0.39, 0.29) is 6.04 Å². The fourth-order valence-corrected chi connectivity index (χ4v) is 3.03. The van der Waals surface area contributed by atoms with Gasteiger partial charge in [0.25, 0.3) is 0 Å². The Morgan fingerprint density at radius 3 is 2.48 bits per heavy atom. The third kappa shape index (κ3) is 4.10. The summed E-state index contributed by atoms with van der Waals surface area (Å²) in [6, 6.07) is 5.54. The Labute approximate surface area is 124 Å². The zero-order valence-corrected chi connectivity index (χ0v) is 12.3. The molecule has 0 saturated heterocycles. The van der Waals surface area contributed by atoms with Crippen molar-refractivity contribution in [2.45, 2.75) is 50.7 Å². The van der Waals surface area contributed by atoms with Crippen molar-refractivity contribution in [3.05, 3.63) is 47.0 Å². The van der Waals surface area contributed by atoms with Crippen LogP contribution in [-0.2, 0) is 6.18 Å². The van der Waals surface area contributed by atoms with E-state index < -0.39 is 11.7 Å². The largest absolute Gasteiger partial charge is 0.416 e. The molecule has 1 aromatic carbocycles. The van der Waals surface area contributed by atoms with Crippen LogP contribution >= 0.6 is 0 Å². The first kappa shape index (κ1) is 16.1. The number of hydrogen-bond donors (Lipinski definition) is 1. The van der Waals surface area contributed by atoms with Gasteiger partial charge in [-0.3, -0.25) is 0 Å². The molecular weight excluding hydrogens is 275 g/mol. The molecule has 4 heteroatoms. The van der Waals surface area contributed by atoms with Crippen molar-refractivity contribution in [2.24, 2.45) is 0 Å². The van der Waals surface area contributed by atoms with Gasteiger partial charge in [-0.15, -0.1) is 0 Å². The lowest BCUT2D eigenvalue weighted by molar-refractivity contribution is -0.138. The number of allylic oxidation sites excluding steroid dienone is 1. The van der Waals surface area contributed by atoms with Crippen LogP contribution in [0, 0.1) is 0 Å². The number of halogens is 3. The Bertz CT molecular complexity index is 491. The van der Waals surface area contributed by atoms with Crippen LogP contribution in [0.25, 0.3) is 0 Å². The molecule has 1 aromatic rings. The van der Waals surface area contributed by atoms with E-state index in [4.69, 9.17) is 0 Å². The molecule has 1 unspecified atom stereocenters. The molecule has 0 radical (unpaired) electrons. The van der Waals surface area contributed by atoms with Gasteiger partial charge in [-0.2, -0.15) is 13.2 Å². The van der Waals surface area contributed by atoms with E-state index >= 15 is 0 Å². The number of hydrogen-bond acceptors (Lipinski definition) is 1. The van der Waals surface area contributed by atoms with Crippen molar-refractivity contribution < 1.29 is 13.2 Å². The molecule has 1 nitrogen and oxygen atoms in total. The second-order valence-electron chi connectivity index (χ2n) is 5.54. The van der Waals surface area contributed by atoms with Crippen molar-refractivity contribution in [1.82, 2.24) is 5.32 Å². The molecule has 2 rings (SSSR count). The summed E-state index contributed by atoms with van der Waals surface area (Å²) in [5.74, 6) is 0. The average molecular weight is 297 g/mol. The molecule has 0 heterocycles. The lowest BCUT2D eigenvalue weighted by Gasteiger charge is -2.25. The van der Waals surface area contributed by atoms with Crippen LogP contribution in [0.4, 0.5) is 13.2 Å². The molecule has 1 atom stereocenters. The monoisotopic (exact) mass is 297 g/mol. The minimum Gasteiger partial charge on any atom is -0.310 e. The Morgan fingerprint density at radius 1 is 1.05 bits per heavy atom. The molecule has 1 N–H and O–H groups in total. The maximum atomic E-state index is 13.2. The van der Waals surface area contributed by atoms with Gasteiger partial charge < -0.3 is 5.32 Å². The molecule has 1 aliphatic carbocycles. The minimum absolute atomic E-state index is 0.333. The highest BCUT2D eigenvalue weighted by molar-refractivity contribution is 5.37. The van der Waals surface area contributed by atoms with Crippen molar-refractivity contribution in [1.29, 1.82) is 0 Å². The molecule has 1 aliphatic rings. The highest BCUT2D eigenvalue weighted by Gasteiger charge is 2.35. The summed E-state index contributed by atoms with van der Waals surface area (Å²) in [6.07, 6.45) is 4.21. The second kappa shape index (κ2) is 7.12. The van der Waals surface area contributed by atoms with Gasteiger partial charge in [0.1, 0.15) is 0 Å². The maximum absolute atomic E-state index is 13.2. The average Bonchev–Trinajstić information content (AvgIpc) is 2.41. The Hall–Kier alpha value is -1.29. The number of nitrogens with one attached hydrogen (secondary N) is 1. The molecule has 116 valence electrons. The maximum Gasteiger partial charge on any atom is 0.416 e. The van der Waals surface area contributed by atoms with Crippen LogP contribution in [0.1, 0.15) is 55.7 Å². The first-order valence-corrected chi connectivity index (χ1v) is 7.56. The number of rotatable bonds is 3. The standard InChI is InChI=1S/C17H22F3N/c1-21-16(13-9-5-3-2-4-6-10-13)14-11-7-8-12-15(14)17(18,19)20/h7-9,11-12,16,21H,2-6,10H2,1H3/b13-9+. The molecule has 0 fully saturated rings. The van der Waals surface area contributed by atoms with Crippen molar-refractivity contribution >= 4 is 0 Å². The Balaban J connectivity index is 2.37. The molecule has 0 aromatic heterocycles. The van der Waals surface area contributed by atoms with E-state index in [0.717, 1.165) is 37.7 Å². The van der Waals surface area contributed by atoms with Crippen molar-refractivity contribution in [2.75, 3.05) is 7.05 Å². The van der Waals surface area contributed by atoms with Crippen LogP contribution in [0.5, 0.6) is 0 Å². The highest BCUT2D eigenvalue weighted by Crippen LogP contribution is 2.37. The van der Waals surface area contributed by atoms with Crippen LogP contribution in [0.2, 0.25) is 0 Å². The van der Waals surface area contributed by atoms with E-state index in [1.165, 1.54) is 18.6 Å². The molecule has 0 aliphatic heterocycles. The van der Waals surface area contributed by atoms with Gasteiger partial charge >= 0.3 is 6.18 Å². The van der Waals surface area contributed by atoms with Crippen molar-refractivity contribution in [3.63, 3.8) is 0 Å². The number of likely N-dealkylation sites (N-methyl/N-ethyl adjacent to an activating group) is 1. The fraction of sp³-hybridized carbons (Fsp3) is 0.529. The van der Waals surface area contributed by atoms with Gasteiger partial charge in [0.05, 0.1) is 11.6 Å². The van der Waals surface area contributed by atoms with Crippen LogP contribution in [-0.4, -0.2) is 7.05 Å². The van der Waals surface area contributed by atoms with E-state index in [1.54, 1.807) is 19.2 Å². The molecule has 0 spiro atoms. The second-order valence-corrected chi connectivity index (χ2v) is 5.54. The van der Waals surface area contributed by atoms with Crippen molar-refractivity contribution in [3.8, 4) is 0 Å². The van der Waals surface area contributed by atoms with E-state index in [2.05, 4.69) is 11.4 Å². The number of alkyl halides is 3. The Kier molecular flexibility index (Phi) is 5.45. The summed E-state index contributed by atoms with van der Waals surface area (Å²) < 4.78 is 39.6. The fourth-order valence-electron chi connectivity index (χ4n) is 3.03. The zero-order chi connectivity index (χ0) is 15.3. The third-order valence-electron chi connectivity index (χ3n) is 4.06. The molecule has 0 saturated carbocycles. The topological polar surface area (TPSA) is 12.0 Å². The first-order valence-electron chi connectivity index (χ1n) is 7.56. The van der Waals surface area contributed by atoms with Gasteiger partial charge in [-0.25, -0.2) is 0 Å². The molecule has 0 amide bonds. The highest BCUT2D eigenvalue weighted by atomic mass is 19.4. The van der Waals surface area contributed by atoms with Gasteiger partial charge in [-0.1, -0.05) is 42.7 Å². The van der Waals surface area contributed by atoms with Gasteiger partial charge in [-0.05, 0) is 44.4 Å². The normalized spacial score (nSPS) is 21.0. The summed E-state index contributed by atoms with van der Waals surface area (Å²) in [7, 11) is 1.73. The summed E-state index contributed by atoms with van der Waals surface area (Å²) >= 11 is 0. The van der Waals surface area contributed by atoms with Crippen LogP contribution in [0.15, 0.2) is 35.9 Å². The lowest BCUT2D eigenvalue weighted by atomic mass is 9.88. The lowest BCUT2D eigenvalue weighted by Crippen LogP contribution is -2.23. The van der Waals surface area contributed by atoms with Gasteiger partial charge in [0.15, 0.2) is 0 Å². The molecule has 21 heavy (non-hydrogen) atoms. The number of benzene rings is 1. The zero-order valence-electron chi connectivity index (χ0n) is 12.3. The van der Waals surface area contributed by atoms with Gasteiger partial charge in [0.2, 0.25) is 0 Å². The van der Waals surface area contributed by atoms with Gasteiger partial charge in [0, 0.05) is 0 Å².